The first-order valence-corrected chi connectivity index (χ1v) is 11.1. The monoisotopic (exact) mass is 525 g/mol. The third-order valence-corrected chi connectivity index (χ3v) is 5.28. The molecule has 8 nitrogen and oxygen atoms in total. The second kappa shape index (κ2) is 11.8. The van der Waals surface area contributed by atoms with E-state index < -0.39 is 12.2 Å². The molecule has 0 spiro atoms. The number of nitrogens with one attached hydrogen (secondary N) is 2. The van der Waals surface area contributed by atoms with Crippen LogP contribution in [0.1, 0.15) is 18.1 Å². The first-order chi connectivity index (χ1) is 16.4. The van der Waals surface area contributed by atoms with Crippen LogP contribution >= 0.6 is 15.9 Å². The predicted molar refractivity (Wildman–Crippen MR) is 135 cm³/mol. The number of anilines is 3. The molecule has 176 valence electrons. The molecule has 0 bridgehead atoms. The molecular formula is C25H24BrN3O5. The second-order valence-corrected chi connectivity index (χ2v) is 8.09. The SMILES string of the molecule is COc1ccc([C@H](C/C=C/C(=O)Nc2ccccc2N)OC(=O)Nc2ccc(Br)cc2)cc1O. The van der Waals surface area contributed by atoms with E-state index in [0.29, 0.717) is 22.6 Å². The van der Waals surface area contributed by atoms with Gasteiger partial charge in [0.15, 0.2) is 11.5 Å². The van der Waals surface area contributed by atoms with E-state index in [1.807, 2.05) is 0 Å². The lowest BCUT2D eigenvalue weighted by molar-refractivity contribution is -0.111. The fraction of sp³-hybridized carbons (Fsp3) is 0.120. The van der Waals surface area contributed by atoms with Gasteiger partial charge in [0.05, 0.1) is 18.5 Å². The fourth-order valence-corrected chi connectivity index (χ4v) is 3.32. The number of hydrogen-bond donors (Lipinski definition) is 4. The summed E-state index contributed by atoms with van der Waals surface area (Å²) in [5.41, 5.74) is 7.88. The smallest absolute Gasteiger partial charge is 0.412 e. The summed E-state index contributed by atoms with van der Waals surface area (Å²) in [6.45, 7) is 0. The summed E-state index contributed by atoms with van der Waals surface area (Å²) >= 11 is 3.34. The Balaban J connectivity index is 1.71. The van der Waals surface area contributed by atoms with Gasteiger partial charge in [-0.05, 0) is 60.2 Å². The molecule has 34 heavy (non-hydrogen) atoms. The van der Waals surface area contributed by atoms with E-state index in [2.05, 4.69) is 26.6 Å². The molecule has 0 saturated carbocycles. The number of para-hydroxylation sites is 2. The zero-order valence-corrected chi connectivity index (χ0v) is 19.9. The van der Waals surface area contributed by atoms with Crippen molar-refractivity contribution < 1.29 is 24.2 Å². The molecule has 0 radical (unpaired) electrons. The summed E-state index contributed by atoms with van der Waals surface area (Å²) in [5, 5.41) is 15.5. The summed E-state index contributed by atoms with van der Waals surface area (Å²) in [7, 11) is 1.44. The highest BCUT2D eigenvalue weighted by Gasteiger charge is 2.18. The number of hydrogen-bond acceptors (Lipinski definition) is 6. The molecule has 9 heteroatoms. The number of benzene rings is 3. The highest BCUT2D eigenvalue weighted by atomic mass is 79.9. The largest absolute Gasteiger partial charge is 0.504 e. The van der Waals surface area contributed by atoms with Crippen LogP contribution in [0.25, 0.3) is 0 Å². The average molecular weight is 526 g/mol. The van der Waals surface area contributed by atoms with Crippen molar-refractivity contribution >= 4 is 45.0 Å². The van der Waals surface area contributed by atoms with Crippen molar-refractivity contribution in [2.24, 2.45) is 0 Å². The van der Waals surface area contributed by atoms with Crippen LogP contribution in [0.3, 0.4) is 0 Å². The van der Waals surface area contributed by atoms with Gasteiger partial charge in [-0.1, -0.05) is 40.2 Å². The van der Waals surface area contributed by atoms with Crippen LogP contribution in [0.4, 0.5) is 21.9 Å². The van der Waals surface area contributed by atoms with Crippen molar-refractivity contribution in [3.8, 4) is 11.5 Å². The molecule has 0 fully saturated rings. The first-order valence-electron chi connectivity index (χ1n) is 10.3. The minimum absolute atomic E-state index is 0.0943. The summed E-state index contributed by atoms with van der Waals surface area (Å²) in [4.78, 5) is 24.8. The summed E-state index contributed by atoms with van der Waals surface area (Å²) < 4.78 is 11.6. The molecule has 2 amide bonds. The summed E-state index contributed by atoms with van der Waals surface area (Å²) in [6.07, 6.45) is 1.62. The number of phenolic OH excluding ortho intramolecular Hbond substituents is 1. The Bertz CT molecular complexity index is 1180. The number of nitrogens with two attached hydrogens (primary N) is 1. The Kier molecular flexibility index (Phi) is 8.53. The lowest BCUT2D eigenvalue weighted by Gasteiger charge is -2.18. The molecule has 5 N–H and O–H groups in total. The van der Waals surface area contributed by atoms with Crippen LogP contribution in [-0.4, -0.2) is 24.2 Å². The Morgan fingerprint density at radius 1 is 1.09 bits per heavy atom. The highest BCUT2D eigenvalue weighted by Crippen LogP contribution is 2.32. The molecule has 0 unspecified atom stereocenters. The van der Waals surface area contributed by atoms with Crippen molar-refractivity contribution in [1.82, 2.24) is 0 Å². The van der Waals surface area contributed by atoms with Gasteiger partial charge >= 0.3 is 6.09 Å². The number of nitrogen functional groups attached to an aromatic ring is 1. The van der Waals surface area contributed by atoms with E-state index in [1.165, 1.54) is 19.3 Å². The molecule has 1 atom stereocenters. The zero-order valence-electron chi connectivity index (χ0n) is 18.3. The minimum Gasteiger partial charge on any atom is -0.504 e. The third kappa shape index (κ3) is 7.01. The van der Waals surface area contributed by atoms with Gasteiger partial charge in [0.1, 0.15) is 6.10 Å². The van der Waals surface area contributed by atoms with Crippen LogP contribution < -0.4 is 21.1 Å². The van der Waals surface area contributed by atoms with Crippen LogP contribution in [0.15, 0.2) is 83.4 Å². The molecule has 3 rings (SSSR count). The van der Waals surface area contributed by atoms with E-state index in [4.69, 9.17) is 15.2 Å². The number of rotatable bonds is 8. The standard InChI is InChI=1S/C25H24BrN3O5/c1-33-23-14-9-16(15-21(23)30)22(34-25(32)28-18-12-10-17(26)11-13-18)7-4-8-24(31)29-20-6-3-2-5-19(20)27/h2-6,8-15,22,30H,7,27H2,1H3,(H,28,32)(H,29,31)/b8-4+/t22-/m0/s1. The first kappa shape index (κ1) is 24.7. The van der Waals surface area contributed by atoms with Gasteiger partial charge in [-0.3, -0.25) is 10.1 Å². The van der Waals surface area contributed by atoms with E-state index in [9.17, 15) is 14.7 Å². The number of phenols is 1. The summed E-state index contributed by atoms with van der Waals surface area (Å²) in [6, 6.07) is 18.6. The van der Waals surface area contributed by atoms with Gasteiger partial charge in [0, 0.05) is 16.6 Å². The zero-order chi connectivity index (χ0) is 24.5. The van der Waals surface area contributed by atoms with Gasteiger partial charge in [-0.15, -0.1) is 0 Å². The van der Waals surface area contributed by atoms with Crippen LogP contribution in [0.2, 0.25) is 0 Å². The number of halogens is 1. The van der Waals surface area contributed by atoms with E-state index in [0.717, 1.165) is 4.47 Å². The second-order valence-electron chi connectivity index (χ2n) is 7.17. The van der Waals surface area contributed by atoms with Crippen molar-refractivity contribution in [3.05, 3.63) is 88.9 Å². The molecular weight excluding hydrogens is 502 g/mol. The van der Waals surface area contributed by atoms with E-state index >= 15 is 0 Å². The highest BCUT2D eigenvalue weighted by molar-refractivity contribution is 9.10. The fourth-order valence-electron chi connectivity index (χ4n) is 3.05. The van der Waals surface area contributed by atoms with Crippen molar-refractivity contribution in [2.45, 2.75) is 12.5 Å². The molecule has 0 aliphatic heterocycles. The van der Waals surface area contributed by atoms with Gasteiger partial charge < -0.3 is 25.6 Å². The third-order valence-electron chi connectivity index (χ3n) is 4.75. The Labute approximate surface area is 205 Å². The molecule has 0 aromatic heterocycles. The van der Waals surface area contributed by atoms with Gasteiger partial charge in [0.2, 0.25) is 5.91 Å². The van der Waals surface area contributed by atoms with Crippen LogP contribution in [0, 0.1) is 0 Å². The van der Waals surface area contributed by atoms with Crippen molar-refractivity contribution in [3.63, 3.8) is 0 Å². The maximum Gasteiger partial charge on any atom is 0.412 e. The number of aromatic hydroxyl groups is 1. The van der Waals surface area contributed by atoms with Gasteiger partial charge in [0.25, 0.3) is 0 Å². The molecule has 3 aromatic rings. The quantitative estimate of drug-likeness (QED) is 0.223. The predicted octanol–water partition coefficient (Wildman–Crippen LogP) is 5.62. The van der Waals surface area contributed by atoms with Crippen LogP contribution in [-0.2, 0) is 9.53 Å². The van der Waals surface area contributed by atoms with Crippen molar-refractivity contribution in [2.75, 3.05) is 23.5 Å². The topological polar surface area (TPSA) is 123 Å². The minimum atomic E-state index is -0.780. The Morgan fingerprint density at radius 3 is 2.50 bits per heavy atom. The summed E-state index contributed by atoms with van der Waals surface area (Å²) in [5.74, 6) is -0.186. The number of carbonyl (C=O) groups excluding carboxylic acids is 2. The molecule has 0 aliphatic rings. The number of amides is 2. The lowest BCUT2D eigenvalue weighted by Crippen LogP contribution is -2.17. The van der Waals surface area contributed by atoms with E-state index in [-0.39, 0.29) is 23.8 Å². The maximum atomic E-state index is 12.5. The average Bonchev–Trinajstić information content (AvgIpc) is 2.81. The van der Waals surface area contributed by atoms with Crippen molar-refractivity contribution in [1.29, 1.82) is 0 Å². The number of ether oxygens (including phenoxy) is 2. The lowest BCUT2D eigenvalue weighted by atomic mass is 10.1. The normalized spacial score (nSPS) is 11.6. The number of carbonyl (C=O) groups is 2. The molecule has 0 aliphatic carbocycles. The number of methoxy groups -OCH3 is 1. The van der Waals surface area contributed by atoms with Gasteiger partial charge in [-0.2, -0.15) is 0 Å². The van der Waals surface area contributed by atoms with E-state index in [1.54, 1.807) is 66.7 Å². The molecule has 0 heterocycles. The molecule has 0 saturated heterocycles. The Hall–Kier alpha value is -3.98. The van der Waals surface area contributed by atoms with Gasteiger partial charge in [-0.25, -0.2) is 4.79 Å². The maximum absolute atomic E-state index is 12.5. The van der Waals surface area contributed by atoms with Crippen LogP contribution in [0.5, 0.6) is 11.5 Å². The molecule has 3 aromatic carbocycles. The Morgan fingerprint density at radius 2 is 1.82 bits per heavy atom.